The minimum atomic E-state index is -0.321. The molecule has 1 atom stereocenters. The van der Waals surface area contributed by atoms with Gasteiger partial charge in [-0.2, -0.15) is 0 Å². The number of hydrogen-bond donors (Lipinski definition) is 2. The highest BCUT2D eigenvalue weighted by atomic mass is 79.9. The molecule has 1 aliphatic carbocycles. The SMILES string of the molecule is OCCN(CC(O)CBr)C1CCCCC1. The van der Waals surface area contributed by atoms with Crippen molar-refractivity contribution in [1.82, 2.24) is 4.90 Å². The van der Waals surface area contributed by atoms with Crippen LogP contribution < -0.4 is 0 Å². The minimum Gasteiger partial charge on any atom is -0.395 e. The lowest BCUT2D eigenvalue weighted by Crippen LogP contribution is -2.43. The van der Waals surface area contributed by atoms with E-state index in [0.29, 0.717) is 24.5 Å². The molecule has 15 heavy (non-hydrogen) atoms. The Bertz CT molecular complexity index is 163. The Hall–Kier alpha value is 0.360. The van der Waals surface area contributed by atoms with Gasteiger partial charge < -0.3 is 10.2 Å². The summed E-state index contributed by atoms with van der Waals surface area (Å²) in [5.41, 5.74) is 0. The Labute approximate surface area is 101 Å². The topological polar surface area (TPSA) is 43.7 Å². The van der Waals surface area contributed by atoms with Crippen LogP contribution in [-0.2, 0) is 0 Å². The van der Waals surface area contributed by atoms with Gasteiger partial charge in [-0.15, -0.1) is 0 Å². The Morgan fingerprint density at radius 1 is 1.27 bits per heavy atom. The zero-order valence-corrected chi connectivity index (χ0v) is 10.8. The van der Waals surface area contributed by atoms with E-state index in [9.17, 15) is 5.11 Å². The summed E-state index contributed by atoms with van der Waals surface area (Å²) >= 11 is 3.28. The summed E-state index contributed by atoms with van der Waals surface area (Å²) in [4.78, 5) is 2.24. The lowest BCUT2D eigenvalue weighted by atomic mass is 9.94. The van der Waals surface area contributed by atoms with E-state index < -0.39 is 0 Å². The van der Waals surface area contributed by atoms with Crippen LogP contribution in [0.2, 0.25) is 0 Å². The first-order chi connectivity index (χ1) is 7.27. The predicted octanol–water partition coefficient (Wildman–Crippen LogP) is 1.37. The third-order valence-corrected chi connectivity index (χ3v) is 3.85. The fourth-order valence-electron chi connectivity index (χ4n) is 2.32. The molecule has 1 saturated carbocycles. The van der Waals surface area contributed by atoms with Gasteiger partial charge in [0.1, 0.15) is 0 Å². The van der Waals surface area contributed by atoms with Crippen LogP contribution >= 0.6 is 15.9 Å². The van der Waals surface area contributed by atoms with E-state index in [1.165, 1.54) is 32.1 Å². The first-order valence-electron chi connectivity index (χ1n) is 5.87. The lowest BCUT2D eigenvalue weighted by Gasteiger charge is -2.34. The number of rotatable bonds is 6. The number of alkyl halides is 1. The maximum Gasteiger partial charge on any atom is 0.0763 e. The van der Waals surface area contributed by atoms with Crippen LogP contribution in [0.25, 0.3) is 0 Å². The molecule has 0 radical (unpaired) electrons. The largest absolute Gasteiger partial charge is 0.395 e. The Kier molecular flexibility index (Phi) is 6.81. The van der Waals surface area contributed by atoms with Gasteiger partial charge in [-0.25, -0.2) is 0 Å². The normalized spacial score (nSPS) is 20.8. The van der Waals surface area contributed by atoms with Crippen LogP contribution in [0.5, 0.6) is 0 Å². The number of aliphatic hydroxyl groups is 2. The Morgan fingerprint density at radius 2 is 1.93 bits per heavy atom. The molecule has 0 aliphatic heterocycles. The van der Waals surface area contributed by atoms with Crippen LogP contribution in [0.4, 0.5) is 0 Å². The minimum absolute atomic E-state index is 0.186. The summed E-state index contributed by atoms with van der Waals surface area (Å²) in [7, 11) is 0. The molecule has 0 spiro atoms. The number of hydrogen-bond acceptors (Lipinski definition) is 3. The van der Waals surface area contributed by atoms with Crippen molar-refractivity contribution in [3.05, 3.63) is 0 Å². The monoisotopic (exact) mass is 279 g/mol. The molecular weight excluding hydrogens is 258 g/mol. The fraction of sp³-hybridized carbons (Fsp3) is 1.00. The van der Waals surface area contributed by atoms with Crippen molar-refractivity contribution in [2.75, 3.05) is 25.0 Å². The second-order valence-electron chi connectivity index (χ2n) is 4.32. The summed E-state index contributed by atoms with van der Waals surface area (Å²) in [6, 6.07) is 0.569. The van der Waals surface area contributed by atoms with Gasteiger partial charge in [-0.3, -0.25) is 4.90 Å². The quantitative estimate of drug-likeness (QED) is 0.722. The molecule has 1 aliphatic rings. The molecule has 0 aromatic rings. The molecule has 4 heteroatoms. The van der Waals surface area contributed by atoms with Gasteiger partial charge in [0.15, 0.2) is 0 Å². The molecule has 1 fully saturated rings. The van der Waals surface area contributed by atoms with E-state index in [1.54, 1.807) is 0 Å². The van der Waals surface area contributed by atoms with Crippen molar-refractivity contribution in [2.24, 2.45) is 0 Å². The Morgan fingerprint density at radius 3 is 2.47 bits per heavy atom. The summed E-state index contributed by atoms with van der Waals surface area (Å²) in [5, 5.41) is 19.2. The van der Waals surface area contributed by atoms with Crippen LogP contribution in [-0.4, -0.2) is 52.3 Å². The van der Waals surface area contributed by atoms with Gasteiger partial charge >= 0.3 is 0 Å². The zero-order chi connectivity index (χ0) is 11.1. The molecule has 0 saturated heterocycles. The van der Waals surface area contributed by atoms with Crippen molar-refractivity contribution in [3.63, 3.8) is 0 Å². The molecule has 3 nitrogen and oxygen atoms in total. The molecular formula is C11H22BrNO2. The standard InChI is InChI=1S/C11H22BrNO2/c12-8-11(15)9-13(6-7-14)10-4-2-1-3-5-10/h10-11,14-15H,1-9H2. The Balaban J connectivity index is 2.39. The van der Waals surface area contributed by atoms with E-state index in [2.05, 4.69) is 20.8 Å². The third kappa shape index (κ3) is 4.81. The highest BCUT2D eigenvalue weighted by molar-refractivity contribution is 9.09. The molecule has 0 amide bonds. The van der Waals surface area contributed by atoms with Gasteiger partial charge in [0, 0.05) is 24.5 Å². The van der Waals surface area contributed by atoms with Crippen molar-refractivity contribution in [1.29, 1.82) is 0 Å². The van der Waals surface area contributed by atoms with Crippen molar-refractivity contribution >= 4 is 15.9 Å². The van der Waals surface area contributed by atoms with Gasteiger partial charge in [0.05, 0.1) is 12.7 Å². The van der Waals surface area contributed by atoms with Crippen molar-refractivity contribution in [2.45, 2.75) is 44.2 Å². The van der Waals surface area contributed by atoms with E-state index in [0.717, 1.165) is 0 Å². The molecule has 0 aromatic heterocycles. The number of aliphatic hydroxyl groups excluding tert-OH is 2. The molecule has 0 heterocycles. The average molecular weight is 280 g/mol. The molecule has 1 rings (SSSR count). The average Bonchev–Trinajstić information content (AvgIpc) is 2.29. The number of nitrogens with zero attached hydrogens (tertiary/aromatic N) is 1. The maximum absolute atomic E-state index is 9.62. The van der Waals surface area contributed by atoms with Crippen LogP contribution in [0.1, 0.15) is 32.1 Å². The van der Waals surface area contributed by atoms with Crippen molar-refractivity contribution in [3.8, 4) is 0 Å². The molecule has 2 N–H and O–H groups in total. The summed E-state index contributed by atoms with van der Waals surface area (Å²) in [6.45, 7) is 1.55. The van der Waals surface area contributed by atoms with E-state index in [-0.39, 0.29) is 12.7 Å². The lowest BCUT2D eigenvalue weighted by molar-refractivity contribution is 0.0706. The van der Waals surface area contributed by atoms with Gasteiger partial charge in [0.2, 0.25) is 0 Å². The van der Waals surface area contributed by atoms with E-state index >= 15 is 0 Å². The second kappa shape index (κ2) is 7.60. The number of halogens is 1. The summed E-state index contributed by atoms with van der Waals surface area (Å²) in [5.74, 6) is 0. The van der Waals surface area contributed by atoms with Gasteiger partial charge in [-0.1, -0.05) is 35.2 Å². The molecule has 0 aromatic carbocycles. The van der Waals surface area contributed by atoms with E-state index in [1.807, 2.05) is 0 Å². The zero-order valence-electron chi connectivity index (χ0n) is 9.24. The fourth-order valence-corrected chi connectivity index (χ4v) is 2.52. The molecule has 90 valence electrons. The first-order valence-corrected chi connectivity index (χ1v) is 6.99. The molecule has 0 bridgehead atoms. The second-order valence-corrected chi connectivity index (χ2v) is 4.97. The molecule has 1 unspecified atom stereocenters. The van der Waals surface area contributed by atoms with E-state index in [4.69, 9.17) is 5.11 Å². The highest BCUT2D eigenvalue weighted by Crippen LogP contribution is 2.22. The summed E-state index contributed by atoms with van der Waals surface area (Å²) in [6.07, 6.45) is 6.03. The smallest absolute Gasteiger partial charge is 0.0763 e. The van der Waals surface area contributed by atoms with Gasteiger partial charge in [0.25, 0.3) is 0 Å². The summed E-state index contributed by atoms with van der Waals surface area (Å²) < 4.78 is 0. The third-order valence-electron chi connectivity index (χ3n) is 3.10. The van der Waals surface area contributed by atoms with Crippen LogP contribution in [0.3, 0.4) is 0 Å². The van der Waals surface area contributed by atoms with Gasteiger partial charge in [-0.05, 0) is 12.8 Å². The van der Waals surface area contributed by atoms with Crippen molar-refractivity contribution < 1.29 is 10.2 Å². The maximum atomic E-state index is 9.62. The van der Waals surface area contributed by atoms with Crippen LogP contribution in [0.15, 0.2) is 0 Å². The highest BCUT2D eigenvalue weighted by Gasteiger charge is 2.22. The predicted molar refractivity (Wildman–Crippen MR) is 65.3 cm³/mol. The first kappa shape index (κ1) is 13.4. The van der Waals surface area contributed by atoms with Crippen LogP contribution in [0, 0.1) is 0 Å².